The van der Waals surface area contributed by atoms with Crippen LogP contribution in [-0.4, -0.2) is 30.1 Å². The zero-order valence-corrected chi connectivity index (χ0v) is 15.6. The van der Waals surface area contributed by atoms with Gasteiger partial charge in [0, 0.05) is 11.8 Å². The Kier molecular flexibility index (Phi) is 8.74. The summed E-state index contributed by atoms with van der Waals surface area (Å²) in [6, 6.07) is 7.88. The Hall–Kier alpha value is -1.63. The van der Waals surface area contributed by atoms with Crippen LogP contribution >= 0.6 is 23.7 Å². The molecule has 0 fully saturated rings. The summed E-state index contributed by atoms with van der Waals surface area (Å²) in [6.07, 6.45) is 1.44. The molecule has 7 heteroatoms. The van der Waals surface area contributed by atoms with Crippen molar-refractivity contribution >= 4 is 29.7 Å². The average Bonchev–Trinajstić information content (AvgIpc) is 3.02. The molecule has 1 aromatic carbocycles. The number of benzene rings is 1. The Bertz CT molecular complexity index is 648. The zero-order chi connectivity index (χ0) is 16.7. The molecule has 0 spiro atoms. The molecule has 0 aliphatic rings. The number of carbonyl (C=O) groups is 1. The topological polar surface area (TPSA) is 77.2 Å². The van der Waals surface area contributed by atoms with Crippen LogP contribution in [0.5, 0.6) is 5.75 Å². The first-order chi connectivity index (χ1) is 11.1. The zero-order valence-electron chi connectivity index (χ0n) is 14.0. The lowest BCUT2D eigenvalue weighted by Crippen LogP contribution is -2.35. The predicted octanol–water partition coefficient (Wildman–Crippen LogP) is 2.96. The van der Waals surface area contributed by atoms with Crippen molar-refractivity contribution in [2.24, 2.45) is 5.73 Å². The van der Waals surface area contributed by atoms with Crippen molar-refractivity contribution in [1.82, 2.24) is 10.3 Å². The first-order valence-electron chi connectivity index (χ1n) is 7.79. The van der Waals surface area contributed by atoms with Crippen LogP contribution in [0.15, 0.2) is 29.6 Å². The lowest BCUT2D eigenvalue weighted by molar-refractivity contribution is 0.0921. The highest BCUT2D eigenvalue weighted by molar-refractivity contribution is 7.09. The summed E-state index contributed by atoms with van der Waals surface area (Å²) in [5.41, 5.74) is 7.03. The second-order valence-electron chi connectivity index (χ2n) is 5.29. The summed E-state index contributed by atoms with van der Waals surface area (Å²) in [5.74, 6) is 0.684. The highest BCUT2D eigenvalue weighted by Gasteiger charge is 2.14. The van der Waals surface area contributed by atoms with E-state index in [9.17, 15) is 4.79 Å². The van der Waals surface area contributed by atoms with E-state index in [0.29, 0.717) is 25.2 Å². The number of carbonyl (C=O) groups excluding carboxylic acids is 1. The van der Waals surface area contributed by atoms with Gasteiger partial charge in [0.05, 0.1) is 11.6 Å². The minimum atomic E-state index is -0.170. The van der Waals surface area contributed by atoms with Crippen molar-refractivity contribution in [3.05, 3.63) is 45.9 Å². The summed E-state index contributed by atoms with van der Waals surface area (Å²) in [7, 11) is 0. The van der Waals surface area contributed by atoms with Crippen LogP contribution in [0.3, 0.4) is 0 Å². The molecule has 0 aliphatic heterocycles. The summed E-state index contributed by atoms with van der Waals surface area (Å²) in [4.78, 5) is 16.4. The smallest absolute Gasteiger partial charge is 0.270 e. The molecule has 24 heavy (non-hydrogen) atoms. The molecule has 1 amide bonds. The quantitative estimate of drug-likeness (QED) is 0.749. The first kappa shape index (κ1) is 20.4. The molecular formula is C17H24ClN3O2S. The molecule has 132 valence electrons. The van der Waals surface area contributed by atoms with E-state index in [0.717, 1.165) is 22.7 Å². The highest BCUT2D eigenvalue weighted by Crippen LogP contribution is 2.18. The molecule has 1 unspecified atom stereocenters. The molecule has 1 aromatic heterocycles. The van der Waals surface area contributed by atoms with E-state index in [1.165, 1.54) is 11.3 Å². The van der Waals surface area contributed by atoms with E-state index in [1.807, 2.05) is 38.1 Å². The van der Waals surface area contributed by atoms with Gasteiger partial charge in [-0.15, -0.1) is 23.7 Å². The molecule has 1 atom stereocenters. The van der Waals surface area contributed by atoms with Crippen molar-refractivity contribution in [3.8, 4) is 5.75 Å². The Labute approximate surface area is 153 Å². The average molecular weight is 370 g/mol. The van der Waals surface area contributed by atoms with Crippen molar-refractivity contribution in [3.63, 3.8) is 0 Å². The van der Waals surface area contributed by atoms with Crippen LogP contribution in [0.1, 0.15) is 34.4 Å². The molecule has 5 nitrogen and oxygen atoms in total. The maximum atomic E-state index is 12.1. The van der Waals surface area contributed by atoms with Crippen molar-refractivity contribution in [2.75, 3.05) is 13.1 Å². The van der Waals surface area contributed by atoms with Crippen molar-refractivity contribution < 1.29 is 9.53 Å². The van der Waals surface area contributed by atoms with Crippen LogP contribution < -0.4 is 15.8 Å². The van der Waals surface area contributed by atoms with Gasteiger partial charge in [0.25, 0.3) is 5.91 Å². The second-order valence-corrected chi connectivity index (χ2v) is 6.23. The van der Waals surface area contributed by atoms with Crippen molar-refractivity contribution in [1.29, 1.82) is 0 Å². The number of nitrogens with one attached hydrogen (secondary N) is 1. The van der Waals surface area contributed by atoms with E-state index < -0.39 is 0 Å². The van der Waals surface area contributed by atoms with E-state index >= 15 is 0 Å². The van der Waals surface area contributed by atoms with Crippen LogP contribution in [0.2, 0.25) is 0 Å². The normalized spacial score (nSPS) is 11.5. The number of nitrogens with zero attached hydrogens (tertiary/aromatic N) is 1. The van der Waals surface area contributed by atoms with Gasteiger partial charge >= 0.3 is 0 Å². The highest BCUT2D eigenvalue weighted by atomic mass is 35.5. The Morgan fingerprint density at radius 3 is 2.83 bits per heavy atom. The van der Waals surface area contributed by atoms with Crippen LogP contribution in [-0.2, 0) is 6.42 Å². The predicted molar refractivity (Wildman–Crippen MR) is 100 cm³/mol. The largest absolute Gasteiger partial charge is 0.488 e. The van der Waals surface area contributed by atoms with Gasteiger partial charge in [0.1, 0.15) is 17.5 Å². The third-order valence-corrected chi connectivity index (χ3v) is 4.38. The third kappa shape index (κ3) is 5.78. The number of ether oxygens (including phenoxy) is 1. The third-order valence-electron chi connectivity index (χ3n) is 3.48. The number of nitrogens with two attached hydrogens (primary N) is 1. The van der Waals surface area contributed by atoms with Gasteiger partial charge in [0.2, 0.25) is 0 Å². The SMILES string of the molecule is CCC(CNC(=O)c1csc(CCN)n1)Oc1ccccc1C.Cl. The second kappa shape index (κ2) is 10.3. The van der Waals surface area contributed by atoms with Crippen LogP contribution in [0.25, 0.3) is 0 Å². The fraction of sp³-hybridized carbons (Fsp3) is 0.412. The van der Waals surface area contributed by atoms with E-state index in [2.05, 4.69) is 10.3 Å². The molecule has 0 radical (unpaired) electrons. The number of para-hydroxylation sites is 1. The minimum absolute atomic E-state index is 0. The van der Waals surface area contributed by atoms with Gasteiger partial charge in [-0.3, -0.25) is 4.79 Å². The molecule has 0 bridgehead atoms. The molecule has 0 saturated carbocycles. The summed E-state index contributed by atoms with van der Waals surface area (Å²) in [6.45, 7) is 5.04. The minimum Gasteiger partial charge on any atom is -0.488 e. The first-order valence-corrected chi connectivity index (χ1v) is 8.67. The summed E-state index contributed by atoms with van der Waals surface area (Å²) >= 11 is 1.46. The van der Waals surface area contributed by atoms with Crippen molar-refractivity contribution in [2.45, 2.75) is 32.8 Å². The lowest BCUT2D eigenvalue weighted by Gasteiger charge is -2.19. The number of hydrogen-bond donors (Lipinski definition) is 2. The lowest BCUT2D eigenvalue weighted by atomic mass is 10.2. The molecule has 3 N–H and O–H groups in total. The number of aromatic nitrogens is 1. The molecule has 1 heterocycles. The van der Waals surface area contributed by atoms with Crippen LogP contribution in [0.4, 0.5) is 0 Å². The Balaban J connectivity index is 0.00000288. The Morgan fingerprint density at radius 2 is 2.17 bits per heavy atom. The fourth-order valence-electron chi connectivity index (χ4n) is 2.09. The van der Waals surface area contributed by atoms with Crippen LogP contribution in [0, 0.1) is 6.92 Å². The van der Waals surface area contributed by atoms with Gasteiger partial charge in [-0.05, 0) is 31.5 Å². The molecule has 2 rings (SSSR count). The fourth-order valence-corrected chi connectivity index (χ4v) is 2.88. The van der Waals surface area contributed by atoms with Gasteiger partial charge in [-0.2, -0.15) is 0 Å². The monoisotopic (exact) mass is 369 g/mol. The standard InChI is InChI=1S/C17H23N3O2S.ClH/c1-3-13(22-15-7-5-4-6-12(15)2)10-19-17(21)14-11-23-16(20-14)8-9-18;/h4-7,11,13H,3,8-10,18H2,1-2H3,(H,19,21);1H. The Morgan fingerprint density at radius 1 is 1.42 bits per heavy atom. The molecule has 0 aliphatic carbocycles. The number of rotatable bonds is 8. The van der Waals surface area contributed by atoms with Gasteiger partial charge in [0.15, 0.2) is 0 Å². The van der Waals surface area contributed by atoms with Gasteiger partial charge < -0.3 is 15.8 Å². The maximum Gasteiger partial charge on any atom is 0.270 e. The molecule has 2 aromatic rings. The number of halogens is 1. The number of thiazole rings is 1. The van der Waals surface area contributed by atoms with E-state index in [1.54, 1.807) is 5.38 Å². The van der Waals surface area contributed by atoms with Gasteiger partial charge in [-0.25, -0.2) is 4.98 Å². The van der Waals surface area contributed by atoms with E-state index in [4.69, 9.17) is 10.5 Å². The molecule has 0 saturated heterocycles. The summed E-state index contributed by atoms with van der Waals surface area (Å²) in [5, 5.41) is 5.55. The number of hydrogen-bond acceptors (Lipinski definition) is 5. The molecular weight excluding hydrogens is 346 g/mol. The maximum absolute atomic E-state index is 12.1. The van der Waals surface area contributed by atoms with Gasteiger partial charge in [-0.1, -0.05) is 25.1 Å². The summed E-state index contributed by atoms with van der Waals surface area (Å²) < 4.78 is 5.98. The van der Waals surface area contributed by atoms with E-state index in [-0.39, 0.29) is 24.4 Å². The number of aryl methyl sites for hydroxylation is 1. The number of amides is 1.